The standard InChI is InChI=1S/C14H19NO4/c1-4-15(10(2)9-16)13(17)11-5-7-12(8-6-11)14(18)19-3/h5-8,10,16H,4,9H2,1-3H3/t10-/m1/s1. The lowest BCUT2D eigenvalue weighted by Gasteiger charge is -2.26. The second-order valence-electron chi connectivity index (χ2n) is 4.19. The Labute approximate surface area is 112 Å². The molecule has 0 saturated heterocycles. The number of amides is 1. The minimum Gasteiger partial charge on any atom is -0.465 e. The second kappa shape index (κ2) is 6.89. The highest BCUT2D eigenvalue weighted by Gasteiger charge is 2.19. The first-order valence-corrected chi connectivity index (χ1v) is 6.15. The Morgan fingerprint density at radius 2 is 1.79 bits per heavy atom. The molecule has 5 nitrogen and oxygen atoms in total. The third kappa shape index (κ3) is 3.54. The van der Waals surface area contributed by atoms with Crippen LogP contribution < -0.4 is 0 Å². The summed E-state index contributed by atoms with van der Waals surface area (Å²) >= 11 is 0. The van der Waals surface area contributed by atoms with Crippen LogP contribution in [0.5, 0.6) is 0 Å². The van der Waals surface area contributed by atoms with Gasteiger partial charge in [-0.3, -0.25) is 4.79 Å². The average molecular weight is 265 g/mol. The van der Waals surface area contributed by atoms with E-state index < -0.39 is 5.97 Å². The zero-order valence-corrected chi connectivity index (χ0v) is 11.4. The van der Waals surface area contributed by atoms with E-state index in [0.29, 0.717) is 17.7 Å². The van der Waals surface area contributed by atoms with E-state index in [4.69, 9.17) is 5.11 Å². The molecule has 0 fully saturated rings. The lowest BCUT2D eigenvalue weighted by atomic mass is 10.1. The molecular weight excluding hydrogens is 246 g/mol. The first-order valence-electron chi connectivity index (χ1n) is 6.15. The van der Waals surface area contributed by atoms with Crippen molar-refractivity contribution in [1.82, 2.24) is 4.90 Å². The fourth-order valence-electron chi connectivity index (χ4n) is 1.79. The number of methoxy groups -OCH3 is 1. The van der Waals surface area contributed by atoms with Crippen molar-refractivity contribution >= 4 is 11.9 Å². The summed E-state index contributed by atoms with van der Waals surface area (Å²) in [5.74, 6) is -0.601. The van der Waals surface area contributed by atoms with Gasteiger partial charge >= 0.3 is 5.97 Å². The van der Waals surface area contributed by atoms with Crippen LogP contribution in [-0.2, 0) is 4.74 Å². The van der Waals surface area contributed by atoms with Gasteiger partial charge in [0, 0.05) is 12.1 Å². The molecule has 1 amide bonds. The summed E-state index contributed by atoms with van der Waals surface area (Å²) in [6.07, 6.45) is 0. The molecule has 1 atom stereocenters. The van der Waals surface area contributed by atoms with Crippen molar-refractivity contribution in [2.45, 2.75) is 19.9 Å². The molecule has 0 aliphatic heterocycles. The smallest absolute Gasteiger partial charge is 0.337 e. The quantitative estimate of drug-likeness (QED) is 0.815. The van der Waals surface area contributed by atoms with Crippen molar-refractivity contribution in [2.24, 2.45) is 0 Å². The van der Waals surface area contributed by atoms with E-state index in [0.717, 1.165) is 0 Å². The molecule has 0 unspecified atom stereocenters. The molecule has 0 bridgehead atoms. The van der Waals surface area contributed by atoms with Crippen LogP contribution in [0.1, 0.15) is 34.6 Å². The van der Waals surface area contributed by atoms with Crippen LogP contribution in [0, 0.1) is 0 Å². The zero-order chi connectivity index (χ0) is 14.4. The summed E-state index contributed by atoms with van der Waals surface area (Å²) in [5.41, 5.74) is 0.882. The molecule has 1 aromatic carbocycles. The maximum absolute atomic E-state index is 12.2. The Bertz CT molecular complexity index is 441. The van der Waals surface area contributed by atoms with Crippen LogP contribution in [0.15, 0.2) is 24.3 Å². The second-order valence-corrected chi connectivity index (χ2v) is 4.19. The number of esters is 1. The number of rotatable bonds is 5. The number of hydrogen-bond donors (Lipinski definition) is 1. The number of carbonyl (C=O) groups excluding carboxylic acids is 2. The Kier molecular flexibility index (Phi) is 5.51. The van der Waals surface area contributed by atoms with E-state index in [-0.39, 0.29) is 18.6 Å². The van der Waals surface area contributed by atoms with Crippen LogP contribution in [0.3, 0.4) is 0 Å². The SMILES string of the molecule is CCN(C(=O)c1ccc(C(=O)OC)cc1)[C@H](C)CO. The van der Waals surface area contributed by atoms with E-state index in [9.17, 15) is 9.59 Å². The van der Waals surface area contributed by atoms with Gasteiger partial charge in [-0.1, -0.05) is 0 Å². The average Bonchev–Trinajstić information content (AvgIpc) is 2.46. The lowest BCUT2D eigenvalue weighted by molar-refractivity contribution is 0.0596. The van der Waals surface area contributed by atoms with Crippen molar-refractivity contribution in [3.05, 3.63) is 35.4 Å². The number of ether oxygens (including phenoxy) is 1. The van der Waals surface area contributed by atoms with Gasteiger partial charge in [0.05, 0.1) is 25.3 Å². The van der Waals surface area contributed by atoms with Gasteiger partial charge in [-0.2, -0.15) is 0 Å². The highest BCUT2D eigenvalue weighted by Crippen LogP contribution is 2.11. The normalized spacial score (nSPS) is 11.8. The molecular formula is C14H19NO4. The zero-order valence-electron chi connectivity index (χ0n) is 11.4. The highest BCUT2D eigenvalue weighted by atomic mass is 16.5. The van der Waals surface area contributed by atoms with Gasteiger partial charge in [-0.05, 0) is 38.1 Å². The molecule has 1 N–H and O–H groups in total. The highest BCUT2D eigenvalue weighted by molar-refractivity contribution is 5.96. The summed E-state index contributed by atoms with van der Waals surface area (Å²) in [7, 11) is 1.31. The maximum Gasteiger partial charge on any atom is 0.337 e. The monoisotopic (exact) mass is 265 g/mol. The fraction of sp³-hybridized carbons (Fsp3) is 0.429. The van der Waals surface area contributed by atoms with Crippen LogP contribution >= 0.6 is 0 Å². The molecule has 104 valence electrons. The molecule has 1 rings (SSSR count). The number of nitrogens with zero attached hydrogens (tertiary/aromatic N) is 1. The van der Waals surface area contributed by atoms with Gasteiger partial charge in [0.2, 0.25) is 0 Å². The summed E-state index contributed by atoms with van der Waals surface area (Å²) in [5, 5.41) is 9.13. The molecule has 0 aromatic heterocycles. The van der Waals surface area contributed by atoms with E-state index >= 15 is 0 Å². The largest absolute Gasteiger partial charge is 0.465 e. The van der Waals surface area contributed by atoms with Gasteiger partial charge in [0.15, 0.2) is 0 Å². The fourth-order valence-corrected chi connectivity index (χ4v) is 1.79. The molecule has 0 heterocycles. The Morgan fingerprint density at radius 3 is 2.21 bits per heavy atom. The number of likely N-dealkylation sites (N-methyl/N-ethyl adjacent to an activating group) is 1. The number of aliphatic hydroxyl groups is 1. The Morgan fingerprint density at radius 1 is 1.26 bits per heavy atom. The molecule has 19 heavy (non-hydrogen) atoms. The number of carbonyl (C=O) groups is 2. The minimum atomic E-state index is -0.435. The summed E-state index contributed by atoms with van der Waals surface area (Å²) < 4.78 is 4.59. The van der Waals surface area contributed by atoms with Gasteiger partial charge in [0.25, 0.3) is 5.91 Å². The van der Waals surface area contributed by atoms with Crippen LogP contribution in [0.4, 0.5) is 0 Å². The van der Waals surface area contributed by atoms with Crippen LogP contribution in [0.2, 0.25) is 0 Å². The van der Waals surface area contributed by atoms with Gasteiger partial charge in [-0.25, -0.2) is 4.79 Å². The molecule has 0 aliphatic rings. The lowest BCUT2D eigenvalue weighted by Crippen LogP contribution is -2.40. The van der Waals surface area contributed by atoms with E-state index in [1.54, 1.807) is 36.1 Å². The topological polar surface area (TPSA) is 66.8 Å². The first-order chi connectivity index (χ1) is 9.04. The Balaban J connectivity index is 2.91. The van der Waals surface area contributed by atoms with Crippen molar-refractivity contribution in [3.8, 4) is 0 Å². The third-order valence-corrected chi connectivity index (χ3v) is 2.95. The van der Waals surface area contributed by atoms with Crippen molar-refractivity contribution in [3.63, 3.8) is 0 Å². The Hall–Kier alpha value is -1.88. The molecule has 0 saturated carbocycles. The third-order valence-electron chi connectivity index (χ3n) is 2.95. The summed E-state index contributed by atoms with van der Waals surface area (Å²) in [6.45, 7) is 4.07. The first kappa shape index (κ1) is 15.2. The maximum atomic E-state index is 12.2. The molecule has 0 spiro atoms. The molecule has 0 aliphatic carbocycles. The van der Waals surface area contributed by atoms with Crippen molar-refractivity contribution in [1.29, 1.82) is 0 Å². The van der Waals surface area contributed by atoms with E-state index in [2.05, 4.69) is 4.74 Å². The minimum absolute atomic E-state index is 0.0835. The van der Waals surface area contributed by atoms with Crippen LogP contribution in [-0.4, -0.2) is 48.2 Å². The predicted molar refractivity (Wildman–Crippen MR) is 71.0 cm³/mol. The van der Waals surface area contributed by atoms with Gasteiger partial charge < -0.3 is 14.7 Å². The van der Waals surface area contributed by atoms with E-state index in [1.807, 2.05) is 6.92 Å². The number of hydrogen-bond acceptors (Lipinski definition) is 4. The van der Waals surface area contributed by atoms with Crippen molar-refractivity contribution in [2.75, 3.05) is 20.3 Å². The number of aliphatic hydroxyl groups excluding tert-OH is 1. The summed E-state index contributed by atoms with van der Waals surface area (Å²) in [6, 6.07) is 6.04. The van der Waals surface area contributed by atoms with Gasteiger partial charge in [0.1, 0.15) is 0 Å². The van der Waals surface area contributed by atoms with Crippen LogP contribution in [0.25, 0.3) is 0 Å². The molecule has 5 heteroatoms. The van der Waals surface area contributed by atoms with Crippen molar-refractivity contribution < 1.29 is 19.4 Å². The molecule has 1 aromatic rings. The summed E-state index contributed by atoms with van der Waals surface area (Å²) in [4.78, 5) is 25.1. The predicted octanol–water partition coefficient (Wildman–Crippen LogP) is 1.32. The molecule has 0 radical (unpaired) electrons. The number of benzene rings is 1. The van der Waals surface area contributed by atoms with E-state index in [1.165, 1.54) is 7.11 Å². The van der Waals surface area contributed by atoms with Gasteiger partial charge in [-0.15, -0.1) is 0 Å².